The van der Waals surface area contributed by atoms with E-state index < -0.39 is 30.0 Å². The number of fused-ring (bicyclic) bond motifs is 1. The number of rotatable bonds is 7. The van der Waals surface area contributed by atoms with E-state index in [0.717, 1.165) is 49.0 Å². The van der Waals surface area contributed by atoms with Crippen molar-refractivity contribution in [3.05, 3.63) is 60.2 Å². The molecule has 1 aliphatic heterocycles. The lowest BCUT2D eigenvalue weighted by Crippen LogP contribution is -2.54. The first-order valence-corrected chi connectivity index (χ1v) is 13.4. The maximum atomic E-state index is 14.1. The molecule has 0 aromatic heterocycles. The Bertz CT molecular complexity index is 1170. The average Bonchev–Trinajstić information content (AvgIpc) is 3.21. The quantitative estimate of drug-likeness (QED) is 0.334. The highest BCUT2D eigenvalue weighted by atomic mass is 16.5. The number of ether oxygens (including phenoxy) is 1. The van der Waals surface area contributed by atoms with Gasteiger partial charge in [-0.3, -0.25) is 19.4 Å². The number of carbonyl (C=O) groups is 4. The van der Waals surface area contributed by atoms with E-state index in [1.807, 2.05) is 42.5 Å². The van der Waals surface area contributed by atoms with Crippen molar-refractivity contribution in [1.29, 1.82) is 0 Å². The van der Waals surface area contributed by atoms with E-state index >= 15 is 0 Å². The van der Waals surface area contributed by atoms with Gasteiger partial charge in [0.1, 0.15) is 13.2 Å². The summed E-state index contributed by atoms with van der Waals surface area (Å²) in [6, 6.07) is 15.0. The van der Waals surface area contributed by atoms with Gasteiger partial charge in [-0.2, -0.15) is 0 Å². The molecule has 2 aromatic carbocycles. The Morgan fingerprint density at radius 3 is 2.03 bits per heavy atom. The Hall–Kier alpha value is -3.68. The minimum atomic E-state index is -0.701. The number of para-hydroxylation sites is 2. The molecule has 8 heteroatoms. The van der Waals surface area contributed by atoms with Crippen LogP contribution in [0.25, 0.3) is 0 Å². The second kappa shape index (κ2) is 11.8. The summed E-state index contributed by atoms with van der Waals surface area (Å²) in [4.78, 5) is 58.0. The topological polar surface area (TPSA) is 87.2 Å². The van der Waals surface area contributed by atoms with Gasteiger partial charge in [0, 0.05) is 11.5 Å². The van der Waals surface area contributed by atoms with Crippen molar-refractivity contribution in [3.8, 4) is 0 Å². The number of urea groups is 2. The zero-order valence-electron chi connectivity index (χ0n) is 22.5. The van der Waals surface area contributed by atoms with Crippen LogP contribution in [-0.4, -0.2) is 47.8 Å². The number of hydrogen-bond acceptors (Lipinski definition) is 5. The van der Waals surface area contributed by atoms with E-state index in [9.17, 15) is 19.2 Å². The van der Waals surface area contributed by atoms with Crippen molar-refractivity contribution in [1.82, 2.24) is 4.90 Å². The molecule has 1 saturated carbocycles. The molecule has 202 valence electrons. The van der Waals surface area contributed by atoms with Gasteiger partial charge in [-0.1, -0.05) is 88.9 Å². The molecule has 0 atom stereocenters. The van der Waals surface area contributed by atoms with Crippen LogP contribution >= 0.6 is 0 Å². The predicted octanol–water partition coefficient (Wildman–Crippen LogP) is 5.94. The second-order valence-corrected chi connectivity index (χ2v) is 11.1. The van der Waals surface area contributed by atoms with Crippen molar-refractivity contribution >= 4 is 35.2 Å². The molecule has 0 bridgehead atoms. The first-order valence-electron chi connectivity index (χ1n) is 13.4. The SMILES string of the molecule is CC(C)(C)C(=O)CN1C(=O)N(CC(=O)OCc2ccccc2)C(=O)N(C2CCCCCC2)c2ccccc21. The maximum absolute atomic E-state index is 14.1. The highest BCUT2D eigenvalue weighted by Crippen LogP contribution is 2.38. The van der Waals surface area contributed by atoms with Gasteiger partial charge in [0.15, 0.2) is 5.78 Å². The number of Topliss-reactive ketones (excluding diaryl/α,β-unsaturated/α-hetero) is 1. The lowest BCUT2D eigenvalue weighted by Gasteiger charge is -2.32. The summed E-state index contributed by atoms with van der Waals surface area (Å²) >= 11 is 0. The normalized spacial score (nSPS) is 17.1. The van der Waals surface area contributed by atoms with Crippen LogP contribution in [0.4, 0.5) is 21.0 Å². The summed E-state index contributed by atoms with van der Waals surface area (Å²) in [7, 11) is 0. The van der Waals surface area contributed by atoms with E-state index in [-0.39, 0.29) is 25.0 Å². The fraction of sp³-hybridized carbons (Fsp3) is 0.467. The van der Waals surface area contributed by atoms with Crippen molar-refractivity contribution < 1.29 is 23.9 Å². The Kier molecular flexibility index (Phi) is 8.49. The molecule has 2 aromatic rings. The molecule has 0 saturated heterocycles. The number of hydrogen-bond donors (Lipinski definition) is 0. The Morgan fingerprint density at radius 1 is 0.789 bits per heavy atom. The first kappa shape index (κ1) is 27.4. The fourth-order valence-electron chi connectivity index (χ4n) is 4.91. The van der Waals surface area contributed by atoms with E-state index in [4.69, 9.17) is 4.74 Å². The summed E-state index contributed by atoms with van der Waals surface area (Å²) in [5.74, 6) is -0.841. The molecule has 8 nitrogen and oxygen atoms in total. The Balaban J connectivity index is 1.69. The molecular weight excluding hydrogens is 482 g/mol. The van der Waals surface area contributed by atoms with Crippen molar-refractivity contribution in [2.45, 2.75) is 71.9 Å². The number of ketones is 1. The number of carbonyl (C=O) groups excluding carboxylic acids is 4. The number of imide groups is 1. The Labute approximate surface area is 224 Å². The van der Waals surface area contributed by atoms with Gasteiger partial charge < -0.3 is 4.74 Å². The average molecular weight is 520 g/mol. The smallest absolute Gasteiger partial charge is 0.333 e. The minimum Gasteiger partial charge on any atom is -0.459 e. The van der Waals surface area contributed by atoms with Crippen molar-refractivity contribution in [2.24, 2.45) is 5.41 Å². The molecule has 4 rings (SSSR count). The van der Waals surface area contributed by atoms with E-state index in [0.29, 0.717) is 11.4 Å². The van der Waals surface area contributed by atoms with Crippen LogP contribution in [0.2, 0.25) is 0 Å². The summed E-state index contributed by atoms with van der Waals surface area (Å²) in [5.41, 5.74) is 1.19. The molecule has 1 heterocycles. The van der Waals surface area contributed by atoms with Gasteiger partial charge in [-0.25, -0.2) is 14.5 Å². The number of anilines is 2. The molecule has 4 amide bonds. The van der Waals surface area contributed by atoms with E-state index in [1.54, 1.807) is 37.8 Å². The molecule has 38 heavy (non-hydrogen) atoms. The van der Waals surface area contributed by atoms with Crippen LogP contribution in [0, 0.1) is 5.41 Å². The second-order valence-electron chi connectivity index (χ2n) is 11.1. The van der Waals surface area contributed by atoms with Crippen molar-refractivity contribution in [2.75, 3.05) is 22.9 Å². The number of amides is 4. The van der Waals surface area contributed by atoms with Gasteiger partial charge in [-0.05, 0) is 30.5 Å². The van der Waals surface area contributed by atoms with Gasteiger partial charge in [-0.15, -0.1) is 0 Å². The highest BCUT2D eigenvalue weighted by molar-refractivity contribution is 6.16. The van der Waals surface area contributed by atoms with Crippen LogP contribution in [0.1, 0.15) is 64.9 Å². The third-order valence-corrected chi connectivity index (χ3v) is 7.19. The minimum absolute atomic E-state index is 0.0364. The van der Waals surface area contributed by atoms with Crippen LogP contribution in [0.15, 0.2) is 54.6 Å². The summed E-state index contributed by atoms with van der Waals surface area (Å²) < 4.78 is 5.43. The standard InChI is InChI=1S/C30H37N3O5/c1-30(2,3)26(34)19-31-24-17-11-12-18-25(24)33(23-15-9-4-5-10-16-23)29(37)32(28(31)36)20-27(35)38-21-22-13-7-6-8-14-22/h6-8,11-14,17-18,23H,4-5,9-10,15-16,19-21H2,1-3H3. The van der Waals surface area contributed by atoms with Crippen LogP contribution in [-0.2, 0) is 20.9 Å². The molecule has 0 radical (unpaired) electrons. The van der Waals surface area contributed by atoms with E-state index in [2.05, 4.69) is 0 Å². The summed E-state index contributed by atoms with van der Waals surface area (Å²) in [6.07, 6.45) is 5.77. The van der Waals surface area contributed by atoms with E-state index in [1.165, 1.54) is 4.90 Å². The fourth-order valence-corrected chi connectivity index (χ4v) is 4.91. The van der Waals surface area contributed by atoms with Crippen molar-refractivity contribution in [3.63, 3.8) is 0 Å². The summed E-state index contributed by atoms with van der Waals surface area (Å²) in [5, 5.41) is 0. The molecule has 0 unspecified atom stereocenters. The van der Waals surface area contributed by atoms with Gasteiger partial charge >= 0.3 is 18.0 Å². The number of benzene rings is 2. The molecular formula is C30H37N3O5. The monoisotopic (exact) mass is 519 g/mol. The number of esters is 1. The lowest BCUT2D eigenvalue weighted by atomic mass is 9.90. The van der Waals surface area contributed by atoms with Crippen LogP contribution in [0.5, 0.6) is 0 Å². The summed E-state index contributed by atoms with van der Waals surface area (Å²) in [6.45, 7) is 4.68. The Morgan fingerprint density at radius 2 is 1.39 bits per heavy atom. The molecule has 2 aliphatic rings. The van der Waals surface area contributed by atoms with Crippen LogP contribution in [0.3, 0.4) is 0 Å². The van der Waals surface area contributed by atoms with Gasteiger partial charge in [0.2, 0.25) is 0 Å². The third-order valence-electron chi connectivity index (χ3n) is 7.19. The lowest BCUT2D eigenvalue weighted by molar-refractivity contribution is -0.145. The van der Waals surface area contributed by atoms with Gasteiger partial charge in [0.05, 0.1) is 17.9 Å². The molecule has 0 spiro atoms. The maximum Gasteiger partial charge on any atom is 0.333 e. The predicted molar refractivity (Wildman–Crippen MR) is 146 cm³/mol. The zero-order chi connectivity index (χ0) is 27.3. The largest absolute Gasteiger partial charge is 0.459 e. The molecule has 1 aliphatic carbocycles. The molecule has 0 N–H and O–H groups in total. The first-order chi connectivity index (χ1) is 18.2. The molecule has 1 fully saturated rings. The zero-order valence-corrected chi connectivity index (χ0v) is 22.5. The van der Waals surface area contributed by atoms with Crippen LogP contribution < -0.4 is 9.80 Å². The number of nitrogens with zero attached hydrogens (tertiary/aromatic N) is 3. The van der Waals surface area contributed by atoms with Gasteiger partial charge in [0.25, 0.3) is 0 Å². The third kappa shape index (κ3) is 6.23. The highest BCUT2D eigenvalue weighted by Gasteiger charge is 2.42.